The number of hydrogen-bond acceptors (Lipinski definition) is 7. The predicted molar refractivity (Wildman–Crippen MR) is 142 cm³/mol. The van der Waals surface area contributed by atoms with E-state index in [1.54, 1.807) is 20.8 Å². The molecular weight excluding hydrogens is 508 g/mol. The zero-order valence-electron chi connectivity index (χ0n) is 23.3. The van der Waals surface area contributed by atoms with E-state index in [1.165, 1.54) is 0 Å². The van der Waals surface area contributed by atoms with Crippen LogP contribution >= 0.6 is 0 Å². The zero-order valence-corrected chi connectivity index (χ0v) is 23.3. The monoisotopic (exact) mass is 552 g/mol. The summed E-state index contributed by atoms with van der Waals surface area (Å²) < 4.78 is 0. The first kappa shape index (κ1) is 33.5. The molecule has 1 aliphatic heterocycles. The Balaban J connectivity index is 2.43. The van der Waals surface area contributed by atoms with Crippen LogP contribution in [0.2, 0.25) is 0 Å². The molecule has 0 aromatic rings. The Kier molecular flexibility index (Phi) is 15.4. The molecule has 1 saturated heterocycles. The predicted octanol–water partition coefficient (Wildman–Crippen LogP) is -0.381. The fraction of sp³-hybridized carbons (Fsp3) is 0.731. The minimum Gasteiger partial charge on any atom is -0.368 e. The highest BCUT2D eigenvalue weighted by molar-refractivity contribution is 6.03. The van der Waals surface area contributed by atoms with Crippen molar-refractivity contribution in [2.24, 2.45) is 11.7 Å². The summed E-state index contributed by atoms with van der Waals surface area (Å²) in [5.41, 5.74) is 5.48. The quantitative estimate of drug-likeness (QED) is 0.106. The fourth-order valence-electron chi connectivity index (χ4n) is 4.04. The van der Waals surface area contributed by atoms with Crippen LogP contribution in [0, 0.1) is 5.92 Å². The summed E-state index contributed by atoms with van der Waals surface area (Å²) in [6, 6.07) is -1.77. The van der Waals surface area contributed by atoms with Gasteiger partial charge in [-0.3, -0.25) is 38.5 Å². The third-order valence-corrected chi connectivity index (χ3v) is 6.47. The van der Waals surface area contributed by atoms with Gasteiger partial charge in [0.15, 0.2) is 0 Å². The van der Waals surface area contributed by atoms with Crippen molar-refractivity contribution in [1.82, 2.24) is 26.2 Å². The van der Waals surface area contributed by atoms with Crippen LogP contribution < -0.4 is 27.0 Å². The maximum Gasteiger partial charge on any atom is 0.243 e. The summed E-state index contributed by atoms with van der Waals surface area (Å²) in [4.78, 5) is 84.9. The van der Waals surface area contributed by atoms with E-state index in [-0.39, 0.29) is 67.7 Å². The number of likely N-dealkylation sites (tertiary alicyclic amines) is 1. The molecule has 1 rings (SSSR count). The Morgan fingerprint density at radius 1 is 0.846 bits per heavy atom. The summed E-state index contributed by atoms with van der Waals surface area (Å²) >= 11 is 0. The van der Waals surface area contributed by atoms with E-state index in [4.69, 9.17) is 5.73 Å². The lowest BCUT2D eigenvalue weighted by molar-refractivity contribution is -0.139. The van der Waals surface area contributed by atoms with Gasteiger partial charge < -0.3 is 27.0 Å². The number of carbonyl (C=O) groups excluding carboxylic acids is 7. The van der Waals surface area contributed by atoms with Crippen LogP contribution in [-0.4, -0.2) is 78.0 Å². The van der Waals surface area contributed by atoms with E-state index in [0.29, 0.717) is 51.6 Å². The largest absolute Gasteiger partial charge is 0.368 e. The highest BCUT2D eigenvalue weighted by atomic mass is 16.2. The highest BCUT2D eigenvalue weighted by Gasteiger charge is 2.35. The third-order valence-electron chi connectivity index (χ3n) is 6.47. The molecule has 0 aromatic carbocycles. The Bertz CT molecular complexity index is 894. The summed E-state index contributed by atoms with van der Waals surface area (Å²) in [5.74, 6) is -2.74. The van der Waals surface area contributed by atoms with Crippen LogP contribution in [-0.2, 0) is 33.6 Å². The second-order valence-corrected chi connectivity index (χ2v) is 9.72. The maximum atomic E-state index is 12.8. The third kappa shape index (κ3) is 12.7. The van der Waals surface area contributed by atoms with E-state index < -0.39 is 23.9 Å². The standard InChI is InChI=1S/C26H44N6O7/c1-4-20(33)28-13-9-7-11-19(30-21(34)5-2)25(38)31-18(24(27)37)10-6-8-14-29-22(35)12-15-32-23(36)16-17(3)26(32)39/h17-19H,4-16H2,1-3H3,(H2,27,37)(H,28,33)(H,29,35)(H,30,34)(H,31,38). The topological polar surface area (TPSA) is 197 Å². The second kappa shape index (κ2) is 17.9. The van der Waals surface area contributed by atoms with E-state index in [1.807, 2.05) is 0 Å². The number of nitrogens with one attached hydrogen (secondary N) is 4. The molecular formula is C26H44N6O7. The average Bonchev–Trinajstić information content (AvgIpc) is 3.14. The normalized spacial score (nSPS) is 16.4. The molecule has 1 heterocycles. The highest BCUT2D eigenvalue weighted by Crippen LogP contribution is 2.18. The van der Waals surface area contributed by atoms with Crippen LogP contribution in [0.15, 0.2) is 0 Å². The molecule has 0 aliphatic carbocycles. The van der Waals surface area contributed by atoms with Gasteiger partial charge in [-0.15, -0.1) is 0 Å². The summed E-state index contributed by atoms with van der Waals surface area (Å²) in [6.07, 6.45) is 3.57. The molecule has 3 atom stereocenters. The molecule has 39 heavy (non-hydrogen) atoms. The number of imide groups is 1. The molecule has 220 valence electrons. The van der Waals surface area contributed by atoms with Crippen molar-refractivity contribution in [2.75, 3.05) is 19.6 Å². The average molecular weight is 553 g/mol. The number of amides is 7. The Morgan fingerprint density at radius 2 is 1.41 bits per heavy atom. The van der Waals surface area contributed by atoms with Crippen molar-refractivity contribution in [2.45, 2.75) is 97.1 Å². The molecule has 13 nitrogen and oxygen atoms in total. The van der Waals surface area contributed by atoms with Gasteiger partial charge in [-0.1, -0.05) is 20.8 Å². The second-order valence-electron chi connectivity index (χ2n) is 9.72. The van der Waals surface area contributed by atoms with Crippen molar-refractivity contribution in [3.63, 3.8) is 0 Å². The van der Waals surface area contributed by atoms with E-state index in [0.717, 1.165) is 4.90 Å². The summed E-state index contributed by atoms with van der Waals surface area (Å²) in [7, 11) is 0. The molecule has 0 saturated carbocycles. The molecule has 1 aliphatic rings. The summed E-state index contributed by atoms with van der Waals surface area (Å²) in [5, 5.41) is 10.8. The van der Waals surface area contributed by atoms with E-state index in [2.05, 4.69) is 21.3 Å². The van der Waals surface area contributed by atoms with Crippen molar-refractivity contribution >= 4 is 41.4 Å². The summed E-state index contributed by atoms with van der Waals surface area (Å²) in [6.45, 7) is 5.94. The first-order valence-electron chi connectivity index (χ1n) is 13.8. The number of primary amides is 1. The molecule has 6 N–H and O–H groups in total. The fourth-order valence-corrected chi connectivity index (χ4v) is 4.04. The van der Waals surface area contributed by atoms with Crippen LogP contribution in [0.5, 0.6) is 0 Å². The van der Waals surface area contributed by atoms with Crippen molar-refractivity contribution in [3.8, 4) is 0 Å². The molecule has 0 aromatic heterocycles. The zero-order chi connectivity index (χ0) is 29.4. The van der Waals surface area contributed by atoms with E-state index >= 15 is 0 Å². The van der Waals surface area contributed by atoms with Crippen LogP contribution in [0.3, 0.4) is 0 Å². The SMILES string of the molecule is CCC(=O)NCCCCC(NC(=O)CC)C(=O)NC(CCCCNC(=O)CCN1C(=O)CC(C)C1=O)C(N)=O. The molecule has 7 amide bonds. The number of hydrogen-bond donors (Lipinski definition) is 5. The van der Waals surface area contributed by atoms with E-state index in [9.17, 15) is 33.6 Å². The van der Waals surface area contributed by atoms with Crippen molar-refractivity contribution in [1.29, 1.82) is 0 Å². The minimum absolute atomic E-state index is 0.0139. The lowest BCUT2D eigenvalue weighted by Gasteiger charge is -2.22. The Morgan fingerprint density at radius 3 is 1.92 bits per heavy atom. The lowest BCUT2D eigenvalue weighted by atomic mass is 10.1. The number of nitrogens with two attached hydrogens (primary N) is 1. The number of nitrogens with zero attached hydrogens (tertiary/aromatic N) is 1. The van der Waals surface area contributed by atoms with Gasteiger partial charge in [0.05, 0.1) is 0 Å². The maximum absolute atomic E-state index is 12.8. The van der Waals surface area contributed by atoms with Gasteiger partial charge in [0.2, 0.25) is 41.4 Å². The van der Waals surface area contributed by atoms with Crippen LogP contribution in [0.4, 0.5) is 0 Å². The number of carbonyl (C=O) groups is 7. The molecule has 0 radical (unpaired) electrons. The van der Waals surface area contributed by atoms with Crippen LogP contribution in [0.1, 0.15) is 85.0 Å². The number of rotatable bonds is 19. The van der Waals surface area contributed by atoms with Gasteiger partial charge in [0.25, 0.3) is 0 Å². The smallest absolute Gasteiger partial charge is 0.243 e. The number of unbranched alkanes of at least 4 members (excludes halogenated alkanes) is 2. The van der Waals surface area contributed by atoms with Gasteiger partial charge in [0, 0.05) is 51.2 Å². The van der Waals surface area contributed by atoms with Gasteiger partial charge in [0.1, 0.15) is 12.1 Å². The first-order valence-corrected chi connectivity index (χ1v) is 13.8. The van der Waals surface area contributed by atoms with Gasteiger partial charge >= 0.3 is 0 Å². The minimum atomic E-state index is -0.938. The van der Waals surface area contributed by atoms with Gasteiger partial charge in [-0.05, 0) is 38.5 Å². The molecule has 1 fully saturated rings. The molecule has 0 spiro atoms. The molecule has 3 unspecified atom stereocenters. The van der Waals surface area contributed by atoms with Crippen molar-refractivity contribution < 1.29 is 33.6 Å². The Hall–Kier alpha value is -3.51. The van der Waals surface area contributed by atoms with Gasteiger partial charge in [-0.2, -0.15) is 0 Å². The lowest BCUT2D eigenvalue weighted by Crippen LogP contribution is -2.52. The van der Waals surface area contributed by atoms with Crippen molar-refractivity contribution in [3.05, 3.63) is 0 Å². The van der Waals surface area contributed by atoms with Gasteiger partial charge in [-0.25, -0.2) is 0 Å². The Labute approximate surface area is 229 Å². The van der Waals surface area contributed by atoms with Crippen LogP contribution in [0.25, 0.3) is 0 Å². The first-order chi connectivity index (χ1) is 18.5. The molecule has 0 bridgehead atoms. The molecule has 13 heteroatoms.